The van der Waals surface area contributed by atoms with Gasteiger partial charge in [-0.05, 0) is 22.3 Å². The van der Waals surface area contributed by atoms with Gasteiger partial charge in [0, 0.05) is 0 Å². The predicted octanol–water partition coefficient (Wildman–Crippen LogP) is 7.43. The number of aliphatic hydroxyl groups is 1. The first-order valence-electron chi connectivity index (χ1n) is 10.1. The van der Waals surface area contributed by atoms with E-state index in [4.69, 9.17) is 0 Å². The first kappa shape index (κ1) is 28.3. The van der Waals surface area contributed by atoms with Gasteiger partial charge in [0.15, 0.2) is 5.60 Å². The van der Waals surface area contributed by atoms with Gasteiger partial charge in [0.1, 0.15) is 5.04 Å². The molecule has 200 valence electrons. The van der Waals surface area contributed by atoms with Crippen LogP contribution in [0.5, 0.6) is 0 Å². The van der Waals surface area contributed by atoms with Gasteiger partial charge in [0.25, 0.3) is 0 Å². The zero-order chi connectivity index (χ0) is 28.0. The lowest BCUT2D eigenvalue weighted by atomic mass is 9.65. The van der Waals surface area contributed by atoms with Crippen LogP contribution in [0.15, 0.2) is 48.5 Å². The van der Waals surface area contributed by atoms with Gasteiger partial charge in [-0.1, -0.05) is 68.2 Å². The first-order valence-corrected chi connectivity index (χ1v) is 13.6. The number of rotatable bonds is 4. The van der Waals surface area contributed by atoms with Crippen LogP contribution in [-0.2, 0) is 10.6 Å². The molecule has 0 aliphatic heterocycles. The molecule has 0 radical (unpaired) electrons. The van der Waals surface area contributed by atoms with Crippen LogP contribution in [0.2, 0.25) is 19.6 Å². The third-order valence-electron chi connectivity index (χ3n) is 6.59. The summed E-state index contributed by atoms with van der Waals surface area (Å²) in [6, 6.07) is 5.43. The Morgan fingerprint density at radius 1 is 0.583 bits per heavy atom. The second-order valence-corrected chi connectivity index (χ2v) is 14.8. The van der Waals surface area contributed by atoms with Crippen molar-refractivity contribution in [3.05, 3.63) is 70.8 Å². The van der Waals surface area contributed by atoms with Crippen molar-refractivity contribution in [3.63, 3.8) is 0 Å². The van der Waals surface area contributed by atoms with Crippen LogP contribution in [0, 0.1) is 0 Å². The van der Waals surface area contributed by atoms with Gasteiger partial charge in [0.2, 0.25) is 0 Å². The number of benzene rings is 2. The molecule has 0 heterocycles. The highest BCUT2D eigenvalue weighted by Crippen LogP contribution is 2.66. The minimum absolute atomic E-state index is 0.391. The van der Waals surface area contributed by atoms with Crippen molar-refractivity contribution in [2.24, 2.45) is 0 Å². The minimum atomic E-state index is -7.36. The van der Waals surface area contributed by atoms with Crippen molar-refractivity contribution >= 4 is 8.07 Å². The van der Waals surface area contributed by atoms with Gasteiger partial charge in [-0.3, -0.25) is 0 Å². The Kier molecular flexibility index (Phi) is 6.02. The Balaban J connectivity index is 2.57. The van der Waals surface area contributed by atoms with Gasteiger partial charge >= 0.3 is 30.1 Å². The SMILES string of the molecule is C[Si](C)(C)C1(C(F)(F)F)c2ccccc2C(O)(C(F)(F)C(F)(F)C(F)(F)C(F)(F)F)c2ccccc21. The average Bonchev–Trinajstić information content (AvgIpc) is 2.71. The molecule has 3 rings (SSSR count). The summed E-state index contributed by atoms with van der Waals surface area (Å²) in [5.74, 6) is -21.3. The molecule has 0 bridgehead atoms. The molecule has 2 aromatic carbocycles. The van der Waals surface area contributed by atoms with Gasteiger partial charge < -0.3 is 5.11 Å². The zero-order valence-electron chi connectivity index (χ0n) is 18.6. The number of alkyl halides is 12. The quantitative estimate of drug-likeness (QED) is 0.308. The van der Waals surface area contributed by atoms with Crippen LogP contribution in [0.25, 0.3) is 0 Å². The fraction of sp³-hybridized carbons (Fsp3) is 0.455. The van der Waals surface area contributed by atoms with E-state index in [0.717, 1.165) is 24.3 Å². The number of halogens is 12. The molecule has 1 N–H and O–H groups in total. The molecule has 0 unspecified atom stereocenters. The summed E-state index contributed by atoms with van der Waals surface area (Å²) in [4.78, 5) is 0. The third kappa shape index (κ3) is 3.15. The zero-order valence-corrected chi connectivity index (χ0v) is 19.6. The summed E-state index contributed by atoms with van der Waals surface area (Å²) in [5, 5.41) is 8.02. The second-order valence-electron chi connectivity index (χ2n) is 9.52. The van der Waals surface area contributed by atoms with E-state index >= 15 is 8.78 Å². The molecule has 1 nitrogen and oxygen atoms in total. The Morgan fingerprint density at radius 3 is 1.19 bits per heavy atom. The molecule has 1 aliphatic carbocycles. The summed E-state index contributed by atoms with van der Waals surface area (Å²) in [6.45, 7) is 3.55. The van der Waals surface area contributed by atoms with Crippen molar-refractivity contribution < 1.29 is 57.8 Å². The summed E-state index contributed by atoms with van der Waals surface area (Å²) in [7, 11) is -3.78. The average molecular weight is 554 g/mol. The normalized spacial score (nSPS) is 23.8. The van der Waals surface area contributed by atoms with Crippen LogP contribution >= 0.6 is 0 Å². The van der Waals surface area contributed by atoms with E-state index in [-0.39, 0.29) is 0 Å². The molecule has 0 saturated carbocycles. The standard InChI is InChI=1S/C22H18F12OSi/c1-36(2,3)17(21(29,30)31)14-10-6-4-8-12(14)16(35,13-9-5-7-11-15(13)17)18(23,24)19(25,26)20(27,28)22(32,33)34/h4-11,35H,1-3H3. The van der Waals surface area contributed by atoms with E-state index in [1.807, 2.05) is 0 Å². The first-order chi connectivity index (χ1) is 16.0. The highest BCUT2D eigenvalue weighted by molar-refractivity contribution is 6.80. The van der Waals surface area contributed by atoms with Crippen molar-refractivity contribution in [2.75, 3.05) is 0 Å². The molecular formula is C22H18F12OSi. The Labute approximate surface area is 197 Å². The van der Waals surface area contributed by atoms with Crippen molar-refractivity contribution in [1.29, 1.82) is 0 Å². The molecule has 36 heavy (non-hydrogen) atoms. The molecule has 0 atom stereocenters. The third-order valence-corrected chi connectivity index (χ3v) is 9.66. The van der Waals surface area contributed by atoms with Crippen LogP contribution in [0.3, 0.4) is 0 Å². The highest BCUT2D eigenvalue weighted by atomic mass is 28.3. The molecular weight excluding hydrogens is 536 g/mol. The Hall–Kier alpha value is -2.22. The molecule has 0 amide bonds. The minimum Gasteiger partial charge on any atom is -0.374 e. The van der Waals surface area contributed by atoms with Gasteiger partial charge in [-0.15, -0.1) is 0 Å². The van der Waals surface area contributed by atoms with Crippen LogP contribution < -0.4 is 0 Å². The summed E-state index contributed by atoms with van der Waals surface area (Å²) in [5.41, 5.74) is -10.1. The summed E-state index contributed by atoms with van der Waals surface area (Å²) < 4.78 is 171. The fourth-order valence-corrected chi connectivity index (χ4v) is 7.92. The van der Waals surface area contributed by atoms with Gasteiger partial charge in [-0.2, -0.15) is 52.7 Å². The second kappa shape index (κ2) is 7.65. The molecule has 2 aromatic rings. The lowest BCUT2D eigenvalue weighted by Gasteiger charge is -2.55. The van der Waals surface area contributed by atoms with Gasteiger partial charge in [-0.25, -0.2) is 0 Å². The largest absolute Gasteiger partial charge is 0.460 e. The molecule has 0 aromatic heterocycles. The maximum Gasteiger partial charge on any atom is 0.460 e. The van der Waals surface area contributed by atoms with Crippen LogP contribution in [-0.4, -0.2) is 43.3 Å². The summed E-state index contributed by atoms with van der Waals surface area (Å²) >= 11 is 0. The van der Waals surface area contributed by atoms with Crippen LogP contribution in [0.4, 0.5) is 52.7 Å². The topological polar surface area (TPSA) is 20.2 Å². The van der Waals surface area contributed by atoms with E-state index in [0.29, 0.717) is 24.3 Å². The maximum absolute atomic E-state index is 15.4. The Bertz CT molecular complexity index is 1100. The predicted molar refractivity (Wildman–Crippen MR) is 107 cm³/mol. The number of hydrogen-bond acceptors (Lipinski definition) is 1. The van der Waals surface area contributed by atoms with E-state index in [2.05, 4.69) is 0 Å². The van der Waals surface area contributed by atoms with Crippen molar-refractivity contribution in [1.82, 2.24) is 0 Å². The highest BCUT2D eigenvalue weighted by Gasteiger charge is 2.87. The van der Waals surface area contributed by atoms with Crippen molar-refractivity contribution in [2.45, 2.75) is 60.4 Å². The monoisotopic (exact) mass is 554 g/mol. The number of hydrogen-bond donors (Lipinski definition) is 1. The van der Waals surface area contributed by atoms with Crippen molar-refractivity contribution in [3.8, 4) is 0 Å². The van der Waals surface area contributed by atoms with E-state index in [9.17, 15) is 49.0 Å². The summed E-state index contributed by atoms with van der Waals surface area (Å²) in [6.07, 6.45) is -12.5. The fourth-order valence-electron chi connectivity index (χ4n) is 5.02. The Morgan fingerprint density at radius 2 is 0.917 bits per heavy atom. The molecule has 0 spiro atoms. The van der Waals surface area contributed by atoms with E-state index < -0.39 is 71.1 Å². The number of fused-ring (bicyclic) bond motifs is 2. The smallest absolute Gasteiger partial charge is 0.374 e. The van der Waals surface area contributed by atoms with Crippen LogP contribution in [0.1, 0.15) is 22.3 Å². The van der Waals surface area contributed by atoms with Gasteiger partial charge in [0.05, 0.1) is 8.07 Å². The van der Waals surface area contributed by atoms with E-state index in [1.54, 1.807) is 0 Å². The lowest BCUT2D eigenvalue weighted by molar-refractivity contribution is -0.415. The molecule has 0 saturated heterocycles. The molecule has 14 heteroatoms. The maximum atomic E-state index is 15.4. The lowest BCUT2D eigenvalue weighted by Crippen LogP contribution is -2.71. The molecule has 1 aliphatic rings. The van der Waals surface area contributed by atoms with E-state index in [1.165, 1.54) is 19.6 Å². The molecule has 0 fully saturated rings.